The van der Waals surface area contributed by atoms with Gasteiger partial charge in [-0.25, -0.2) is 0 Å². The molecular weight excluding hydrogens is 180 g/mol. The molecule has 1 radical (unpaired) electrons. The van der Waals surface area contributed by atoms with Crippen LogP contribution in [-0.2, 0) is 15.9 Å². The van der Waals surface area contributed by atoms with Crippen molar-refractivity contribution in [2.45, 2.75) is 57.8 Å². The van der Waals surface area contributed by atoms with E-state index in [9.17, 15) is 4.21 Å². The molecule has 13 heavy (non-hydrogen) atoms. The molecule has 0 rings (SSSR count). The Bertz CT molecular complexity index is 104. The standard InChI is InChI=1S/C11H22OS/c1-2-3-4-5-6-7-8-9-10-11-13-12/h1-11H2/q+1. The van der Waals surface area contributed by atoms with Crippen molar-refractivity contribution in [2.75, 3.05) is 5.75 Å². The monoisotopic (exact) mass is 202 g/mol. The molecule has 0 fully saturated rings. The second-order valence-corrected chi connectivity index (χ2v) is 4.15. The van der Waals surface area contributed by atoms with Crippen LogP contribution in [0.5, 0.6) is 0 Å². The SMILES string of the molecule is [CH2]CCCCCCCCCC[S+]=O. The lowest BCUT2D eigenvalue weighted by atomic mass is 10.1. The van der Waals surface area contributed by atoms with E-state index < -0.39 is 0 Å². The molecule has 1 nitrogen and oxygen atoms in total. The van der Waals surface area contributed by atoms with Gasteiger partial charge in [0.1, 0.15) is 0 Å². The van der Waals surface area contributed by atoms with Crippen LogP contribution in [0.2, 0.25) is 0 Å². The Morgan fingerprint density at radius 3 is 1.69 bits per heavy atom. The number of rotatable bonds is 10. The highest BCUT2D eigenvalue weighted by Gasteiger charge is 1.97. The van der Waals surface area contributed by atoms with Crippen LogP contribution in [0.15, 0.2) is 0 Å². The third-order valence-corrected chi connectivity index (χ3v) is 2.68. The van der Waals surface area contributed by atoms with Crippen molar-refractivity contribution >= 4 is 11.7 Å². The molecule has 0 spiro atoms. The van der Waals surface area contributed by atoms with Crippen LogP contribution in [0.4, 0.5) is 0 Å². The molecule has 0 amide bonds. The summed E-state index contributed by atoms with van der Waals surface area (Å²) >= 11 is 0.720. The molecule has 0 N–H and O–H groups in total. The summed E-state index contributed by atoms with van der Waals surface area (Å²) in [5.41, 5.74) is 0. The van der Waals surface area contributed by atoms with E-state index in [1.165, 1.54) is 44.9 Å². The van der Waals surface area contributed by atoms with Crippen LogP contribution in [0, 0.1) is 6.92 Å². The zero-order chi connectivity index (χ0) is 9.78. The summed E-state index contributed by atoms with van der Waals surface area (Å²) in [5.74, 6) is 0.793. The second kappa shape index (κ2) is 12.0. The van der Waals surface area contributed by atoms with Crippen LogP contribution >= 0.6 is 0 Å². The molecule has 0 aromatic carbocycles. The summed E-state index contributed by atoms with van der Waals surface area (Å²) in [7, 11) is 0. The molecule has 0 aromatic heterocycles. The first-order valence-electron chi connectivity index (χ1n) is 5.46. The summed E-state index contributed by atoms with van der Waals surface area (Å²) in [6.07, 6.45) is 11.5. The van der Waals surface area contributed by atoms with Crippen molar-refractivity contribution in [1.29, 1.82) is 0 Å². The molecule has 0 atom stereocenters. The normalized spacial score (nSPS) is 10.2. The first-order chi connectivity index (χ1) is 6.41. The van der Waals surface area contributed by atoms with Gasteiger partial charge in [0.25, 0.3) is 0 Å². The van der Waals surface area contributed by atoms with E-state index in [1.807, 2.05) is 0 Å². The maximum atomic E-state index is 10.0. The van der Waals surface area contributed by atoms with E-state index in [4.69, 9.17) is 0 Å². The van der Waals surface area contributed by atoms with Crippen molar-refractivity contribution in [2.24, 2.45) is 0 Å². The van der Waals surface area contributed by atoms with Crippen molar-refractivity contribution in [1.82, 2.24) is 0 Å². The number of unbranched alkanes of at least 4 members (excludes halogenated alkanes) is 8. The van der Waals surface area contributed by atoms with Crippen LogP contribution in [0.1, 0.15) is 57.8 Å². The van der Waals surface area contributed by atoms with Gasteiger partial charge < -0.3 is 0 Å². The van der Waals surface area contributed by atoms with Crippen LogP contribution in [0.25, 0.3) is 0 Å². The fraction of sp³-hybridized carbons (Fsp3) is 0.909. The molecule has 0 heterocycles. The molecule has 0 aliphatic carbocycles. The largest absolute Gasteiger partial charge is 0.458 e. The van der Waals surface area contributed by atoms with E-state index >= 15 is 0 Å². The lowest BCUT2D eigenvalue weighted by Crippen LogP contribution is -1.84. The highest BCUT2D eigenvalue weighted by Crippen LogP contribution is 2.09. The van der Waals surface area contributed by atoms with Gasteiger partial charge in [-0.15, -0.1) is 0 Å². The second-order valence-electron chi connectivity index (χ2n) is 3.50. The fourth-order valence-electron chi connectivity index (χ4n) is 1.40. The quantitative estimate of drug-likeness (QED) is 0.389. The van der Waals surface area contributed by atoms with Gasteiger partial charge in [0.15, 0.2) is 0 Å². The van der Waals surface area contributed by atoms with Gasteiger partial charge >= 0.3 is 11.7 Å². The van der Waals surface area contributed by atoms with E-state index in [2.05, 4.69) is 6.92 Å². The van der Waals surface area contributed by atoms with E-state index in [0.29, 0.717) is 0 Å². The van der Waals surface area contributed by atoms with Crippen molar-refractivity contribution in [3.05, 3.63) is 6.92 Å². The first kappa shape index (κ1) is 13.0. The lowest BCUT2D eigenvalue weighted by molar-refractivity contribution is 0.575. The lowest BCUT2D eigenvalue weighted by Gasteiger charge is -1.98. The maximum absolute atomic E-state index is 10.0. The predicted octanol–water partition coefficient (Wildman–Crippen LogP) is 3.76. The Labute approximate surface area is 86.8 Å². The zero-order valence-corrected chi connectivity index (χ0v) is 9.41. The van der Waals surface area contributed by atoms with Crippen LogP contribution in [0.3, 0.4) is 0 Å². The Balaban J connectivity index is 2.79. The molecular formula is C11H22OS+. The summed E-state index contributed by atoms with van der Waals surface area (Å²) in [6.45, 7) is 3.82. The van der Waals surface area contributed by atoms with E-state index in [-0.39, 0.29) is 0 Å². The minimum atomic E-state index is 0.720. The molecule has 2 heteroatoms. The van der Waals surface area contributed by atoms with Gasteiger partial charge in [-0.1, -0.05) is 51.9 Å². The van der Waals surface area contributed by atoms with Crippen molar-refractivity contribution < 1.29 is 4.21 Å². The summed E-state index contributed by atoms with van der Waals surface area (Å²) in [4.78, 5) is 0. The predicted molar refractivity (Wildman–Crippen MR) is 59.8 cm³/mol. The zero-order valence-electron chi connectivity index (χ0n) is 8.59. The van der Waals surface area contributed by atoms with Crippen LogP contribution in [-0.4, -0.2) is 5.75 Å². The van der Waals surface area contributed by atoms with E-state index in [0.717, 1.165) is 30.3 Å². The Hall–Kier alpha value is 0.0200. The highest BCUT2D eigenvalue weighted by atomic mass is 32.1. The van der Waals surface area contributed by atoms with Crippen LogP contribution < -0.4 is 0 Å². The van der Waals surface area contributed by atoms with Gasteiger partial charge in [-0.3, -0.25) is 0 Å². The third kappa shape index (κ3) is 12.0. The van der Waals surface area contributed by atoms with Crippen molar-refractivity contribution in [3.63, 3.8) is 0 Å². The van der Waals surface area contributed by atoms with Gasteiger partial charge in [0.2, 0.25) is 5.75 Å². The van der Waals surface area contributed by atoms with Gasteiger partial charge in [0, 0.05) is 10.6 Å². The summed E-state index contributed by atoms with van der Waals surface area (Å²) < 4.78 is 10.0. The summed E-state index contributed by atoms with van der Waals surface area (Å²) in [5, 5.41) is 0. The fourth-order valence-corrected chi connectivity index (χ4v) is 1.72. The molecule has 0 aromatic rings. The molecule has 0 unspecified atom stereocenters. The topological polar surface area (TPSA) is 17.1 Å². The number of hydrogen-bond acceptors (Lipinski definition) is 1. The van der Waals surface area contributed by atoms with Gasteiger partial charge in [0.05, 0.1) is 0 Å². The van der Waals surface area contributed by atoms with Crippen molar-refractivity contribution in [3.8, 4) is 0 Å². The van der Waals surface area contributed by atoms with Gasteiger partial charge in [-0.05, 0) is 6.42 Å². The Morgan fingerprint density at radius 2 is 1.23 bits per heavy atom. The Kier molecular flexibility index (Phi) is 12.0. The highest BCUT2D eigenvalue weighted by molar-refractivity contribution is 7.65. The first-order valence-corrected chi connectivity index (χ1v) is 6.37. The third-order valence-electron chi connectivity index (χ3n) is 2.23. The summed E-state index contributed by atoms with van der Waals surface area (Å²) in [6, 6.07) is 0. The molecule has 0 aliphatic rings. The Morgan fingerprint density at radius 1 is 0.769 bits per heavy atom. The molecule has 77 valence electrons. The average Bonchev–Trinajstić information content (AvgIpc) is 2.16. The van der Waals surface area contributed by atoms with E-state index in [1.54, 1.807) is 0 Å². The molecule has 0 saturated carbocycles. The maximum Gasteiger partial charge on any atom is 0.458 e. The van der Waals surface area contributed by atoms with Gasteiger partial charge in [-0.2, -0.15) is 0 Å². The molecule has 0 saturated heterocycles. The minimum absolute atomic E-state index is 0.720. The average molecular weight is 202 g/mol. The number of hydrogen-bond donors (Lipinski definition) is 0. The minimum Gasteiger partial charge on any atom is -0.0533 e. The molecule has 0 aliphatic heterocycles. The molecule has 0 bridgehead atoms. The smallest absolute Gasteiger partial charge is 0.0533 e.